The number of rotatable bonds is 5. The molecule has 4 aliphatic rings. The summed E-state index contributed by atoms with van der Waals surface area (Å²) in [5.41, 5.74) is 1.60. The van der Waals surface area contributed by atoms with E-state index in [1.165, 1.54) is 19.3 Å². The predicted molar refractivity (Wildman–Crippen MR) is 237 cm³/mol. The van der Waals surface area contributed by atoms with Crippen molar-refractivity contribution in [3.63, 3.8) is 0 Å². The van der Waals surface area contributed by atoms with Crippen LogP contribution in [0.1, 0.15) is 220 Å². The van der Waals surface area contributed by atoms with Gasteiger partial charge in [0.2, 0.25) is 0 Å². The van der Waals surface area contributed by atoms with Crippen LogP contribution in [0.15, 0.2) is 0 Å². The first kappa shape index (κ1) is 45.7. The summed E-state index contributed by atoms with van der Waals surface area (Å²) in [6.45, 7) is 78.8. The van der Waals surface area contributed by atoms with Crippen LogP contribution in [0.5, 0.6) is 0 Å². The molecule has 0 heteroatoms. The first-order valence-electron chi connectivity index (χ1n) is 23.0. The van der Waals surface area contributed by atoms with Gasteiger partial charge in [-0.15, -0.1) is 0 Å². The molecule has 53 heavy (non-hydrogen) atoms. The predicted octanol–water partition coefficient (Wildman–Crippen LogP) is 16.9. The Hall–Kier alpha value is 0. The van der Waals surface area contributed by atoms with Gasteiger partial charge in [-0.2, -0.15) is 0 Å². The standard InChI is InChI=1S/C53H100/c1-30-48(24)44(16,17)49(25)39-34(4)36(31-33(2)3)37(32-40(6,7)8)35(5)38(39)42(12,13)43(14,15)51(49,27)47(22,23)53(48,29)52(28)45(18,19)50(26,41(9,10)11)46(52,20)21/h33-39H,30-32H2,1-29H3/t34?,35?,36?,37?,38?,39-,48?,49?,50?,51?,52?,53?/m1/s1. The quantitative estimate of drug-likeness (QED) is 0.264. The van der Waals surface area contributed by atoms with Crippen LogP contribution in [0, 0.1) is 117 Å². The Kier molecular flexibility index (Phi) is 10.00. The Labute approximate surface area is 336 Å². The van der Waals surface area contributed by atoms with Crippen molar-refractivity contribution < 1.29 is 0 Å². The molecule has 0 aromatic heterocycles. The van der Waals surface area contributed by atoms with Crippen molar-refractivity contribution in [1.29, 1.82) is 0 Å². The first-order valence-corrected chi connectivity index (χ1v) is 23.0. The van der Waals surface area contributed by atoms with Crippen LogP contribution >= 0.6 is 0 Å². The molecule has 0 aromatic carbocycles. The fraction of sp³-hybridized carbons (Fsp3) is 1.00. The molecule has 9 unspecified atom stereocenters. The van der Waals surface area contributed by atoms with Gasteiger partial charge in [0.25, 0.3) is 0 Å². The Balaban J connectivity index is 2.23. The highest BCUT2D eigenvalue weighted by Gasteiger charge is 2.93. The molecular weight excluding hydrogens is 637 g/mol. The molecule has 4 rings (SSSR count). The van der Waals surface area contributed by atoms with Crippen molar-refractivity contribution in [1.82, 2.24) is 0 Å². The second-order valence-corrected chi connectivity index (χ2v) is 28.0. The van der Waals surface area contributed by atoms with Crippen molar-refractivity contribution in [2.24, 2.45) is 117 Å². The van der Waals surface area contributed by atoms with Crippen LogP contribution in [0.2, 0.25) is 0 Å². The third-order valence-corrected chi connectivity index (χ3v) is 24.9. The second-order valence-electron chi connectivity index (χ2n) is 28.0. The average Bonchev–Trinajstić information content (AvgIpc) is 2.97. The maximum atomic E-state index is 2.93. The molecule has 312 valence electrons. The van der Waals surface area contributed by atoms with Gasteiger partial charge >= 0.3 is 0 Å². The summed E-state index contributed by atoms with van der Waals surface area (Å²) in [5.74, 6) is 4.97. The Morgan fingerprint density at radius 2 is 0.906 bits per heavy atom. The monoisotopic (exact) mass is 737 g/mol. The number of fused-ring (bicyclic) bond motifs is 3. The Morgan fingerprint density at radius 3 is 1.26 bits per heavy atom. The van der Waals surface area contributed by atoms with Gasteiger partial charge < -0.3 is 0 Å². The molecule has 0 spiro atoms. The van der Waals surface area contributed by atoms with Gasteiger partial charge in [0, 0.05) is 0 Å². The lowest BCUT2D eigenvalue weighted by atomic mass is 9.09. The van der Waals surface area contributed by atoms with Gasteiger partial charge in [-0.05, 0) is 136 Å². The van der Waals surface area contributed by atoms with Crippen molar-refractivity contribution in [2.75, 3.05) is 0 Å². The summed E-state index contributed by atoms with van der Waals surface area (Å²) in [7, 11) is 0. The van der Waals surface area contributed by atoms with Crippen LogP contribution in [0.25, 0.3) is 0 Å². The lowest BCUT2D eigenvalue weighted by Gasteiger charge is -2.95. The minimum absolute atomic E-state index is 0.0159. The molecule has 10 atom stereocenters. The minimum Gasteiger partial charge on any atom is -0.0648 e. The van der Waals surface area contributed by atoms with Gasteiger partial charge in [0.1, 0.15) is 0 Å². The Bertz CT molecular complexity index is 1390. The summed E-state index contributed by atoms with van der Waals surface area (Å²) < 4.78 is 0. The molecule has 0 saturated heterocycles. The van der Waals surface area contributed by atoms with E-state index in [4.69, 9.17) is 0 Å². The highest BCUT2D eigenvalue weighted by Crippen LogP contribution is 2.97. The second kappa shape index (κ2) is 11.6. The molecule has 0 nitrogen and oxygen atoms in total. The van der Waals surface area contributed by atoms with E-state index in [2.05, 4.69) is 201 Å². The molecule has 0 amide bonds. The lowest BCUT2D eigenvalue weighted by Crippen LogP contribution is -2.90. The summed E-state index contributed by atoms with van der Waals surface area (Å²) >= 11 is 0. The van der Waals surface area contributed by atoms with Crippen molar-refractivity contribution in [3.8, 4) is 0 Å². The molecule has 0 N–H and O–H groups in total. The Morgan fingerprint density at radius 1 is 0.491 bits per heavy atom. The molecule has 4 saturated carbocycles. The fourth-order valence-electron chi connectivity index (χ4n) is 20.4. The molecular formula is C53H100. The van der Waals surface area contributed by atoms with Crippen LogP contribution in [-0.4, -0.2) is 0 Å². The van der Waals surface area contributed by atoms with Crippen LogP contribution in [0.3, 0.4) is 0 Å². The normalized spacial score (nSPS) is 49.5. The lowest BCUT2D eigenvalue weighted by molar-refractivity contribution is -0.479. The molecule has 0 radical (unpaired) electrons. The highest BCUT2D eigenvalue weighted by molar-refractivity contribution is 5.39. The van der Waals surface area contributed by atoms with Crippen molar-refractivity contribution in [2.45, 2.75) is 220 Å². The van der Waals surface area contributed by atoms with E-state index in [-0.39, 0.29) is 70.4 Å². The zero-order valence-corrected chi connectivity index (χ0v) is 42.2. The SMILES string of the molecule is CCC1(C)C(C)(C)C2(C)[C@@H]3C(C)C(CC(C)C)C(CC(C)(C)C)C(C)C3C(C)(C)C(C)(C)C2(C)C(C)(C)C1(C)C1(C)C(C)(C)C(C)(C(C)(C)C)C1(C)C. The molecule has 4 aliphatic carbocycles. The highest BCUT2D eigenvalue weighted by atomic mass is 15.0. The van der Waals surface area contributed by atoms with Crippen LogP contribution < -0.4 is 0 Å². The van der Waals surface area contributed by atoms with E-state index < -0.39 is 0 Å². The van der Waals surface area contributed by atoms with E-state index in [0.717, 1.165) is 17.8 Å². The van der Waals surface area contributed by atoms with E-state index in [1.807, 2.05) is 0 Å². The van der Waals surface area contributed by atoms with Gasteiger partial charge in [0.15, 0.2) is 0 Å². The minimum atomic E-state index is 0.0159. The number of hydrogen-bond acceptors (Lipinski definition) is 0. The average molecular weight is 737 g/mol. The fourth-order valence-corrected chi connectivity index (χ4v) is 20.4. The number of hydrogen-bond donors (Lipinski definition) is 0. The molecule has 0 aliphatic heterocycles. The first-order chi connectivity index (χ1) is 23.0. The molecule has 0 heterocycles. The summed E-state index contributed by atoms with van der Waals surface area (Å²) in [6, 6.07) is 0. The zero-order valence-electron chi connectivity index (χ0n) is 42.2. The van der Waals surface area contributed by atoms with Gasteiger partial charge in [-0.25, -0.2) is 0 Å². The zero-order chi connectivity index (χ0) is 42.2. The molecule has 0 bridgehead atoms. The van der Waals surface area contributed by atoms with Crippen LogP contribution in [0.4, 0.5) is 0 Å². The molecule has 4 fully saturated rings. The van der Waals surface area contributed by atoms with E-state index in [1.54, 1.807) is 0 Å². The van der Waals surface area contributed by atoms with Crippen molar-refractivity contribution in [3.05, 3.63) is 0 Å². The van der Waals surface area contributed by atoms with Crippen LogP contribution in [-0.2, 0) is 0 Å². The maximum Gasteiger partial charge on any atom is -0.0145 e. The summed E-state index contributed by atoms with van der Waals surface area (Å²) in [4.78, 5) is 0. The summed E-state index contributed by atoms with van der Waals surface area (Å²) in [6.07, 6.45) is 3.93. The summed E-state index contributed by atoms with van der Waals surface area (Å²) in [5, 5.41) is 0. The van der Waals surface area contributed by atoms with Gasteiger partial charge in [-0.1, -0.05) is 201 Å². The van der Waals surface area contributed by atoms with Gasteiger partial charge in [0.05, 0.1) is 0 Å². The third-order valence-electron chi connectivity index (χ3n) is 24.9. The van der Waals surface area contributed by atoms with E-state index >= 15 is 0 Å². The maximum absolute atomic E-state index is 2.93. The smallest absolute Gasteiger partial charge is 0.0145 e. The topological polar surface area (TPSA) is 0 Å². The molecule has 0 aromatic rings. The largest absolute Gasteiger partial charge is 0.0648 e. The van der Waals surface area contributed by atoms with E-state index in [0.29, 0.717) is 29.1 Å². The third kappa shape index (κ3) is 4.29. The van der Waals surface area contributed by atoms with E-state index in [9.17, 15) is 0 Å². The van der Waals surface area contributed by atoms with Gasteiger partial charge in [-0.3, -0.25) is 0 Å². The van der Waals surface area contributed by atoms with Crippen molar-refractivity contribution >= 4 is 0 Å².